The van der Waals surface area contributed by atoms with Crippen LogP contribution in [-0.2, 0) is 9.16 Å². The highest BCUT2D eigenvalue weighted by Crippen LogP contribution is 2.00. The maximum atomic E-state index is 5.26. The Morgan fingerprint density at radius 2 is 2.09 bits per heavy atom. The molecule has 0 atom stereocenters. The Balaban J connectivity index is 2.69. The van der Waals surface area contributed by atoms with Crippen molar-refractivity contribution < 1.29 is 9.16 Å². The topological polar surface area (TPSA) is 18.5 Å². The molecule has 0 rings (SSSR count). The van der Waals surface area contributed by atoms with Crippen LogP contribution in [-0.4, -0.2) is 29.4 Å². The third-order valence-corrected chi connectivity index (χ3v) is 2.96. The lowest BCUT2D eigenvalue weighted by Crippen LogP contribution is -2.01. The van der Waals surface area contributed by atoms with Crippen LogP contribution >= 0.6 is 12.6 Å². The van der Waals surface area contributed by atoms with Crippen molar-refractivity contribution >= 4 is 22.4 Å². The van der Waals surface area contributed by atoms with Gasteiger partial charge in [-0.2, -0.15) is 12.6 Å². The summed E-state index contributed by atoms with van der Waals surface area (Å²) < 4.78 is 10.0. The molecule has 0 bridgehead atoms. The quantitative estimate of drug-likeness (QED) is 0.271. The van der Waals surface area contributed by atoms with Crippen LogP contribution in [0.15, 0.2) is 0 Å². The summed E-state index contributed by atoms with van der Waals surface area (Å²) in [6.45, 7) is 0.485. The summed E-state index contributed by atoms with van der Waals surface area (Å²) in [6, 6.07) is 1.27. The minimum absolute atomic E-state index is 0.278. The van der Waals surface area contributed by atoms with Crippen molar-refractivity contribution in [2.75, 3.05) is 19.7 Å². The van der Waals surface area contributed by atoms with Crippen LogP contribution < -0.4 is 0 Å². The number of hydrogen-bond donors (Lipinski definition) is 1. The monoisotopic (exact) mass is 194 g/mol. The standard InChI is InChI=1S/C7H18O2SSi/c1-8-7-9-11-6-4-2-3-5-10/h10H,2-7,11H2,1H3. The zero-order valence-electron chi connectivity index (χ0n) is 7.21. The van der Waals surface area contributed by atoms with Gasteiger partial charge in [-0.3, -0.25) is 0 Å². The van der Waals surface area contributed by atoms with Crippen molar-refractivity contribution in [1.82, 2.24) is 0 Å². The van der Waals surface area contributed by atoms with E-state index in [0.717, 1.165) is 5.75 Å². The summed E-state index contributed by atoms with van der Waals surface area (Å²) in [5, 5.41) is 0. The summed E-state index contributed by atoms with van der Waals surface area (Å²) in [7, 11) is 1.38. The minimum atomic E-state index is -0.278. The maximum Gasteiger partial charge on any atom is 0.164 e. The molecule has 0 fully saturated rings. The Labute approximate surface area is 77.0 Å². The van der Waals surface area contributed by atoms with E-state index >= 15 is 0 Å². The molecule has 11 heavy (non-hydrogen) atoms. The molecule has 4 heteroatoms. The van der Waals surface area contributed by atoms with E-state index in [0.29, 0.717) is 6.79 Å². The van der Waals surface area contributed by atoms with Crippen LogP contribution in [0, 0.1) is 0 Å². The van der Waals surface area contributed by atoms with Gasteiger partial charge in [0.2, 0.25) is 0 Å². The second kappa shape index (κ2) is 10.5. The summed E-state index contributed by atoms with van der Waals surface area (Å²) in [5.41, 5.74) is 0. The first-order valence-electron chi connectivity index (χ1n) is 4.09. The number of unbranched alkanes of at least 4 members (excludes halogenated alkanes) is 2. The average molecular weight is 194 g/mol. The van der Waals surface area contributed by atoms with Gasteiger partial charge in [0.05, 0.1) is 0 Å². The summed E-state index contributed by atoms with van der Waals surface area (Å²) in [4.78, 5) is 0. The molecule has 0 amide bonds. The van der Waals surface area contributed by atoms with E-state index in [1.54, 1.807) is 7.11 Å². The van der Waals surface area contributed by atoms with Crippen LogP contribution in [0.25, 0.3) is 0 Å². The normalized spacial score (nSPS) is 11.5. The molecule has 0 saturated carbocycles. The zero-order valence-corrected chi connectivity index (χ0v) is 9.52. The van der Waals surface area contributed by atoms with E-state index < -0.39 is 0 Å². The van der Waals surface area contributed by atoms with Crippen LogP contribution in [0.2, 0.25) is 6.04 Å². The van der Waals surface area contributed by atoms with Gasteiger partial charge >= 0.3 is 0 Å². The minimum Gasteiger partial charge on any atom is -0.402 e. The maximum absolute atomic E-state index is 5.26. The van der Waals surface area contributed by atoms with Gasteiger partial charge in [-0.1, -0.05) is 12.8 Å². The lowest BCUT2D eigenvalue weighted by Gasteiger charge is -2.00. The van der Waals surface area contributed by atoms with Crippen molar-refractivity contribution in [3.63, 3.8) is 0 Å². The van der Waals surface area contributed by atoms with Crippen molar-refractivity contribution in [1.29, 1.82) is 0 Å². The summed E-state index contributed by atoms with van der Waals surface area (Å²) in [6.07, 6.45) is 3.84. The molecule has 0 aromatic heterocycles. The number of ether oxygens (including phenoxy) is 1. The van der Waals surface area contributed by atoms with E-state index in [1.165, 1.54) is 25.3 Å². The molecule has 0 saturated heterocycles. The fourth-order valence-electron chi connectivity index (χ4n) is 0.812. The predicted octanol–water partition coefficient (Wildman–Crippen LogP) is 1.21. The summed E-state index contributed by atoms with van der Waals surface area (Å²) >= 11 is 4.14. The Bertz CT molecular complexity index is 65.5. The van der Waals surface area contributed by atoms with Gasteiger partial charge in [0.15, 0.2) is 9.76 Å². The molecule has 68 valence electrons. The van der Waals surface area contributed by atoms with Gasteiger partial charge in [-0.25, -0.2) is 0 Å². The molecular formula is C7H18O2SSi. The Kier molecular flexibility index (Phi) is 11.0. The molecule has 0 heterocycles. The lowest BCUT2D eigenvalue weighted by atomic mass is 10.3. The van der Waals surface area contributed by atoms with Crippen LogP contribution in [0.5, 0.6) is 0 Å². The molecule has 0 aliphatic heterocycles. The van der Waals surface area contributed by atoms with Crippen molar-refractivity contribution in [2.24, 2.45) is 0 Å². The predicted molar refractivity (Wildman–Crippen MR) is 54.0 cm³/mol. The molecular weight excluding hydrogens is 176 g/mol. The molecule has 2 nitrogen and oxygen atoms in total. The van der Waals surface area contributed by atoms with Crippen molar-refractivity contribution in [3.8, 4) is 0 Å². The fourth-order valence-corrected chi connectivity index (χ4v) is 2.08. The molecule has 0 aromatic rings. The Morgan fingerprint density at radius 3 is 2.73 bits per heavy atom. The van der Waals surface area contributed by atoms with E-state index in [1.807, 2.05) is 0 Å². The van der Waals surface area contributed by atoms with E-state index in [4.69, 9.17) is 9.16 Å². The van der Waals surface area contributed by atoms with E-state index in [9.17, 15) is 0 Å². The first-order chi connectivity index (χ1) is 5.41. The third kappa shape index (κ3) is 10.5. The van der Waals surface area contributed by atoms with Gasteiger partial charge in [-0.15, -0.1) is 0 Å². The molecule has 0 aliphatic rings. The molecule has 0 N–H and O–H groups in total. The Morgan fingerprint density at radius 1 is 1.27 bits per heavy atom. The number of hydrogen-bond acceptors (Lipinski definition) is 3. The zero-order chi connectivity index (χ0) is 8.36. The molecule has 0 unspecified atom stereocenters. The van der Waals surface area contributed by atoms with Gasteiger partial charge in [0.1, 0.15) is 6.79 Å². The van der Waals surface area contributed by atoms with E-state index in [-0.39, 0.29) is 9.76 Å². The highest BCUT2D eigenvalue weighted by atomic mass is 32.1. The fraction of sp³-hybridized carbons (Fsp3) is 1.00. The Hall–Kier alpha value is 0.487. The number of methoxy groups -OCH3 is 1. The average Bonchev–Trinajstić information content (AvgIpc) is 2.03. The lowest BCUT2D eigenvalue weighted by molar-refractivity contribution is 0.0536. The molecule has 0 radical (unpaired) electrons. The van der Waals surface area contributed by atoms with Gasteiger partial charge in [-0.05, 0) is 18.2 Å². The molecule has 0 aliphatic carbocycles. The van der Waals surface area contributed by atoms with Gasteiger partial charge in [0, 0.05) is 7.11 Å². The van der Waals surface area contributed by atoms with Gasteiger partial charge < -0.3 is 9.16 Å². The largest absolute Gasteiger partial charge is 0.402 e. The van der Waals surface area contributed by atoms with Crippen molar-refractivity contribution in [2.45, 2.75) is 25.3 Å². The molecule has 0 aromatic carbocycles. The second-order valence-corrected chi connectivity index (χ2v) is 4.42. The van der Waals surface area contributed by atoms with Gasteiger partial charge in [0.25, 0.3) is 0 Å². The smallest absolute Gasteiger partial charge is 0.164 e. The highest BCUT2D eigenvalue weighted by molar-refractivity contribution is 7.80. The van der Waals surface area contributed by atoms with Crippen LogP contribution in [0.4, 0.5) is 0 Å². The SMILES string of the molecule is COCO[SiH2]CCCCCS. The first-order valence-corrected chi connectivity index (χ1v) is 6.30. The first kappa shape index (κ1) is 11.5. The molecule has 0 spiro atoms. The number of thiol groups is 1. The van der Waals surface area contributed by atoms with Crippen LogP contribution in [0.3, 0.4) is 0 Å². The van der Waals surface area contributed by atoms with Crippen molar-refractivity contribution in [3.05, 3.63) is 0 Å². The highest BCUT2D eigenvalue weighted by Gasteiger charge is 1.89. The van der Waals surface area contributed by atoms with Crippen LogP contribution in [0.1, 0.15) is 19.3 Å². The summed E-state index contributed by atoms with van der Waals surface area (Å²) in [5.74, 6) is 1.01. The van der Waals surface area contributed by atoms with E-state index in [2.05, 4.69) is 12.6 Å². The number of rotatable bonds is 8. The third-order valence-electron chi connectivity index (χ3n) is 1.40. The second-order valence-electron chi connectivity index (χ2n) is 2.45.